The van der Waals surface area contributed by atoms with Crippen molar-refractivity contribution < 1.29 is 0 Å². The monoisotopic (exact) mass is 245 g/mol. The van der Waals surface area contributed by atoms with Crippen LogP contribution in [0.15, 0.2) is 30.6 Å². The first-order valence-electron chi connectivity index (χ1n) is 4.73. The number of hydrogen-bond donors (Lipinski definition) is 2. The van der Waals surface area contributed by atoms with E-state index in [9.17, 15) is 0 Å². The van der Waals surface area contributed by atoms with Crippen LogP contribution >= 0.6 is 11.6 Å². The number of nitrogen functional groups attached to an aromatic ring is 1. The first-order chi connectivity index (χ1) is 8.19. The molecule has 3 N–H and O–H groups in total. The van der Waals surface area contributed by atoms with E-state index in [-0.39, 0.29) is 0 Å². The smallest absolute Gasteiger partial charge is 0.149 e. The Morgan fingerprint density at radius 3 is 2.76 bits per heavy atom. The minimum Gasteiger partial charge on any atom is -0.382 e. The third-order valence-electron chi connectivity index (χ3n) is 2.03. The molecule has 17 heavy (non-hydrogen) atoms. The molecule has 84 valence electrons. The second kappa shape index (κ2) is 4.68. The molecule has 0 bridgehead atoms. The minimum absolute atomic E-state index is 0.340. The molecule has 0 saturated heterocycles. The molecule has 0 aliphatic heterocycles. The molecule has 0 saturated carbocycles. The molecular weight excluding hydrogens is 238 g/mol. The molecule has 1 heterocycles. The summed E-state index contributed by atoms with van der Waals surface area (Å²) >= 11 is 5.99. The highest BCUT2D eigenvalue weighted by Gasteiger charge is 2.03. The summed E-state index contributed by atoms with van der Waals surface area (Å²) in [4.78, 5) is 7.92. The maximum absolute atomic E-state index is 8.79. The number of nitrogens with two attached hydrogens (primary N) is 1. The van der Waals surface area contributed by atoms with E-state index in [1.54, 1.807) is 18.2 Å². The van der Waals surface area contributed by atoms with E-state index in [0.717, 1.165) is 0 Å². The van der Waals surface area contributed by atoms with Crippen LogP contribution in [0.3, 0.4) is 0 Å². The molecule has 0 atom stereocenters. The Balaban J connectivity index is 2.29. The van der Waals surface area contributed by atoms with Crippen LogP contribution < -0.4 is 11.1 Å². The molecule has 0 aliphatic carbocycles. The van der Waals surface area contributed by atoms with Crippen molar-refractivity contribution in [3.8, 4) is 6.07 Å². The lowest BCUT2D eigenvalue weighted by molar-refractivity contribution is 1.21. The van der Waals surface area contributed by atoms with Crippen LogP contribution in [-0.2, 0) is 0 Å². The van der Waals surface area contributed by atoms with Gasteiger partial charge in [-0.05, 0) is 18.2 Å². The van der Waals surface area contributed by atoms with Crippen LogP contribution in [0.25, 0.3) is 0 Å². The molecule has 0 radical (unpaired) electrons. The number of nitriles is 1. The molecule has 0 amide bonds. The molecule has 5 nitrogen and oxygen atoms in total. The molecule has 1 aromatic heterocycles. The van der Waals surface area contributed by atoms with Gasteiger partial charge in [-0.2, -0.15) is 5.26 Å². The average molecular weight is 246 g/mol. The Kier molecular flexibility index (Phi) is 3.08. The van der Waals surface area contributed by atoms with E-state index < -0.39 is 0 Å². The topological polar surface area (TPSA) is 87.6 Å². The predicted molar refractivity (Wildman–Crippen MR) is 65.9 cm³/mol. The highest BCUT2D eigenvalue weighted by Crippen LogP contribution is 2.25. The molecule has 0 unspecified atom stereocenters. The summed E-state index contributed by atoms with van der Waals surface area (Å²) in [6.45, 7) is 0. The number of hydrogen-bond acceptors (Lipinski definition) is 5. The maximum Gasteiger partial charge on any atom is 0.149 e. The number of nitrogens with zero attached hydrogens (tertiary/aromatic N) is 3. The van der Waals surface area contributed by atoms with Crippen molar-refractivity contribution in [1.29, 1.82) is 5.26 Å². The van der Waals surface area contributed by atoms with Gasteiger partial charge in [0, 0.05) is 0 Å². The number of benzene rings is 1. The van der Waals surface area contributed by atoms with Gasteiger partial charge in [-0.15, -0.1) is 0 Å². The molecule has 0 aliphatic rings. The quantitative estimate of drug-likeness (QED) is 0.848. The molecule has 6 heteroatoms. The van der Waals surface area contributed by atoms with Crippen molar-refractivity contribution >= 4 is 28.9 Å². The van der Waals surface area contributed by atoms with Gasteiger partial charge in [0.15, 0.2) is 0 Å². The number of nitrogens with one attached hydrogen (secondary N) is 1. The fraction of sp³-hybridized carbons (Fsp3) is 0. The normalized spacial score (nSPS) is 9.65. The largest absolute Gasteiger partial charge is 0.382 e. The van der Waals surface area contributed by atoms with Gasteiger partial charge in [0.1, 0.15) is 11.6 Å². The summed E-state index contributed by atoms with van der Waals surface area (Å²) in [5.74, 6) is 0.851. The third-order valence-corrected chi connectivity index (χ3v) is 2.36. The SMILES string of the molecule is N#Cc1ccc(Cl)c(Nc2cnc(N)cn2)c1. The van der Waals surface area contributed by atoms with Gasteiger partial charge in [0.2, 0.25) is 0 Å². The molecule has 0 spiro atoms. The first kappa shape index (κ1) is 11.2. The summed E-state index contributed by atoms with van der Waals surface area (Å²) in [6.07, 6.45) is 2.93. The average Bonchev–Trinajstić information content (AvgIpc) is 2.35. The Morgan fingerprint density at radius 2 is 2.12 bits per heavy atom. The maximum atomic E-state index is 8.79. The Labute approximate surface area is 103 Å². The molecule has 2 aromatic rings. The van der Waals surface area contributed by atoms with Crippen LogP contribution in [-0.4, -0.2) is 9.97 Å². The van der Waals surface area contributed by atoms with E-state index in [4.69, 9.17) is 22.6 Å². The second-order valence-electron chi connectivity index (χ2n) is 3.26. The number of aromatic nitrogens is 2. The highest BCUT2D eigenvalue weighted by atomic mass is 35.5. The van der Waals surface area contributed by atoms with Crippen LogP contribution in [0, 0.1) is 11.3 Å². The Morgan fingerprint density at radius 1 is 1.29 bits per heavy atom. The van der Waals surface area contributed by atoms with Crippen LogP contribution in [0.2, 0.25) is 5.02 Å². The van der Waals surface area contributed by atoms with Crippen molar-refractivity contribution in [2.75, 3.05) is 11.1 Å². The zero-order valence-corrected chi connectivity index (χ0v) is 9.44. The lowest BCUT2D eigenvalue weighted by Gasteiger charge is -2.07. The van der Waals surface area contributed by atoms with E-state index in [2.05, 4.69) is 15.3 Å². The molecule has 2 rings (SSSR count). The van der Waals surface area contributed by atoms with E-state index in [1.807, 2.05) is 6.07 Å². The fourth-order valence-corrected chi connectivity index (χ4v) is 1.40. The van der Waals surface area contributed by atoms with Crippen LogP contribution in [0.1, 0.15) is 5.56 Å². The van der Waals surface area contributed by atoms with Crippen molar-refractivity contribution in [2.45, 2.75) is 0 Å². The summed E-state index contributed by atoms with van der Waals surface area (Å²) in [5, 5.41) is 12.3. The van der Waals surface area contributed by atoms with Crippen LogP contribution in [0.4, 0.5) is 17.3 Å². The summed E-state index contributed by atoms with van der Waals surface area (Å²) < 4.78 is 0. The zero-order valence-electron chi connectivity index (χ0n) is 8.68. The zero-order chi connectivity index (χ0) is 12.3. The van der Waals surface area contributed by atoms with E-state index in [0.29, 0.717) is 27.9 Å². The van der Waals surface area contributed by atoms with Crippen molar-refractivity contribution in [1.82, 2.24) is 9.97 Å². The van der Waals surface area contributed by atoms with E-state index in [1.165, 1.54) is 12.4 Å². The van der Waals surface area contributed by atoms with Gasteiger partial charge < -0.3 is 11.1 Å². The standard InChI is InChI=1S/C11H8ClN5/c12-8-2-1-7(4-13)3-9(8)17-11-6-15-10(14)5-16-11/h1-3,5-6H,(H2,14,15)(H,16,17). The van der Waals surface area contributed by atoms with Gasteiger partial charge in [-0.3, -0.25) is 0 Å². The second-order valence-corrected chi connectivity index (χ2v) is 3.67. The van der Waals surface area contributed by atoms with Crippen molar-refractivity contribution in [2.24, 2.45) is 0 Å². The Bertz CT molecular complexity index is 573. The number of rotatable bonds is 2. The van der Waals surface area contributed by atoms with Gasteiger partial charge >= 0.3 is 0 Å². The molecule has 0 fully saturated rings. The molecular formula is C11H8ClN5. The lowest BCUT2D eigenvalue weighted by atomic mass is 10.2. The fourth-order valence-electron chi connectivity index (χ4n) is 1.23. The minimum atomic E-state index is 0.340. The lowest BCUT2D eigenvalue weighted by Crippen LogP contribution is -1.97. The predicted octanol–water partition coefficient (Wildman–Crippen LogP) is 2.33. The molecule has 1 aromatic carbocycles. The summed E-state index contributed by atoms with van der Waals surface area (Å²) in [6, 6.07) is 6.96. The van der Waals surface area contributed by atoms with E-state index >= 15 is 0 Å². The Hall–Kier alpha value is -2.32. The van der Waals surface area contributed by atoms with Gasteiger partial charge in [-0.1, -0.05) is 11.6 Å². The third kappa shape index (κ3) is 2.62. The van der Waals surface area contributed by atoms with Crippen molar-refractivity contribution in [3.63, 3.8) is 0 Å². The van der Waals surface area contributed by atoms with Gasteiger partial charge in [0.25, 0.3) is 0 Å². The summed E-state index contributed by atoms with van der Waals surface area (Å²) in [7, 11) is 0. The van der Waals surface area contributed by atoms with Crippen molar-refractivity contribution in [3.05, 3.63) is 41.2 Å². The number of halogens is 1. The van der Waals surface area contributed by atoms with Crippen LogP contribution in [0.5, 0.6) is 0 Å². The number of anilines is 3. The first-order valence-corrected chi connectivity index (χ1v) is 5.11. The highest BCUT2D eigenvalue weighted by molar-refractivity contribution is 6.33. The van der Waals surface area contributed by atoms with Gasteiger partial charge in [-0.25, -0.2) is 9.97 Å². The summed E-state index contributed by atoms with van der Waals surface area (Å²) in [5.41, 5.74) is 6.54. The van der Waals surface area contributed by atoms with Gasteiger partial charge in [0.05, 0.1) is 34.7 Å².